The van der Waals surface area contributed by atoms with E-state index in [0.29, 0.717) is 0 Å². The lowest BCUT2D eigenvalue weighted by Gasteiger charge is -2.18. The molecule has 0 fully saturated rings. The largest absolute Gasteiger partial charge is 0.355 e. The summed E-state index contributed by atoms with van der Waals surface area (Å²) in [6.45, 7) is 4.93. The van der Waals surface area contributed by atoms with Gasteiger partial charge >= 0.3 is 0 Å². The van der Waals surface area contributed by atoms with Gasteiger partial charge in [-0.1, -0.05) is 13.0 Å². The molecule has 106 valence electrons. The normalized spacial score (nSPS) is 10.5. The molecule has 0 atom stereocenters. The van der Waals surface area contributed by atoms with Crippen LogP contribution in [0, 0.1) is 0 Å². The molecule has 0 unspecified atom stereocenters. The molecule has 0 amide bonds. The van der Waals surface area contributed by atoms with Gasteiger partial charge in [0.05, 0.1) is 0 Å². The maximum atomic E-state index is 4.52. The lowest BCUT2D eigenvalue weighted by atomic mass is 10.2. The molecule has 0 radical (unpaired) electrons. The average Bonchev–Trinajstić information content (AvgIpc) is 2.49. The molecule has 2 rings (SSSR count). The fourth-order valence-electron chi connectivity index (χ4n) is 2.00. The van der Waals surface area contributed by atoms with Gasteiger partial charge in [0.1, 0.15) is 5.82 Å². The standard InChI is InChI=1S/C16H22N4/c1-3-8-18-11-15-4-5-16(19-12-15)20(2)13-14-6-9-17-10-7-14/h4-7,9-10,12,18H,3,8,11,13H2,1-2H3. The van der Waals surface area contributed by atoms with Crippen LogP contribution in [0.4, 0.5) is 5.82 Å². The van der Waals surface area contributed by atoms with Crippen LogP contribution in [-0.2, 0) is 13.1 Å². The van der Waals surface area contributed by atoms with Crippen LogP contribution < -0.4 is 10.2 Å². The van der Waals surface area contributed by atoms with E-state index in [4.69, 9.17) is 0 Å². The highest BCUT2D eigenvalue weighted by Gasteiger charge is 2.03. The molecular formula is C16H22N4. The fourth-order valence-corrected chi connectivity index (χ4v) is 2.00. The second kappa shape index (κ2) is 7.60. The highest BCUT2D eigenvalue weighted by molar-refractivity contribution is 5.39. The van der Waals surface area contributed by atoms with E-state index in [1.54, 1.807) is 0 Å². The van der Waals surface area contributed by atoms with Crippen molar-refractivity contribution in [3.63, 3.8) is 0 Å². The van der Waals surface area contributed by atoms with Crippen LogP contribution in [0.3, 0.4) is 0 Å². The van der Waals surface area contributed by atoms with E-state index in [1.807, 2.05) is 30.7 Å². The van der Waals surface area contributed by atoms with Gasteiger partial charge in [0, 0.05) is 38.7 Å². The number of hydrogen-bond acceptors (Lipinski definition) is 4. The van der Waals surface area contributed by atoms with Gasteiger partial charge in [0.2, 0.25) is 0 Å². The van der Waals surface area contributed by atoms with Gasteiger partial charge < -0.3 is 10.2 Å². The van der Waals surface area contributed by atoms with Crippen molar-refractivity contribution >= 4 is 5.82 Å². The zero-order valence-electron chi connectivity index (χ0n) is 12.2. The average molecular weight is 270 g/mol. The van der Waals surface area contributed by atoms with Crippen molar-refractivity contribution in [2.45, 2.75) is 26.4 Å². The van der Waals surface area contributed by atoms with E-state index in [-0.39, 0.29) is 0 Å². The van der Waals surface area contributed by atoms with E-state index in [0.717, 1.165) is 31.9 Å². The van der Waals surface area contributed by atoms with Crippen molar-refractivity contribution < 1.29 is 0 Å². The summed E-state index contributed by atoms with van der Waals surface area (Å²) >= 11 is 0. The molecule has 2 aromatic heterocycles. The molecule has 0 aliphatic rings. The van der Waals surface area contributed by atoms with Crippen molar-refractivity contribution in [2.24, 2.45) is 0 Å². The van der Waals surface area contributed by atoms with Crippen LogP contribution in [-0.4, -0.2) is 23.6 Å². The topological polar surface area (TPSA) is 41.0 Å². The van der Waals surface area contributed by atoms with Crippen molar-refractivity contribution in [2.75, 3.05) is 18.5 Å². The molecule has 1 N–H and O–H groups in total. The van der Waals surface area contributed by atoms with Gasteiger partial charge in [0.15, 0.2) is 0 Å². The smallest absolute Gasteiger partial charge is 0.128 e. The maximum absolute atomic E-state index is 4.52. The Hall–Kier alpha value is -1.94. The Morgan fingerprint density at radius 3 is 2.55 bits per heavy atom. The van der Waals surface area contributed by atoms with Crippen molar-refractivity contribution in [3.8, 4) is 0 Å². The number of nitrogens with zero attached hydrogens (tertiary/aromatic N) is 3. The summed E-state index contributed by atoms with van der Waals surface area (Å²) < 4.78 is 0. The van der Waals surface area contributed by atoms with Crippen LogP contribution in [0.2, 0.25) is 0 Å². The molecule has 20 heavy (non-hydrogen) atoms. The predicted molar refractivity (Wildman–Crippen MR) is 82.6 cm³/mol. The van der Waals surface area contributed by atoms with E-state index in [2.05, 4.69) is 46.3 Å². The quantitative estimate of drug-likeness (QED) is 0.785. The molecule has 0 aliphatic carbocycles. The Morgan fingerprint density at radius 1 is 1.10 bits per heavy atom. The molecule has 0 spiro atoms. The Labute approximate surface area is 120 Å². The third-order valence-electron chi connectivity index (χ3n) is 3.13. The number of rotatable bonds is 7. The summed E-state index contributed by atoms with van der Waals surface area (Å²) in [5.74, 6) is 0.987. The minimum absolute atomic E-state index is 0.836. The summed E-state index contributed by atoms with van der Waals surface area (Å²) in [6, 6.07) is 8.26. The molecule has 2 heterocycles. The summed E-state index contributed by atoms with van der Waals surface area (Å²) in [5.41, 5.74) is 2.46. The van der Waals surface area contributed by atoms with E-state index in [9.17, 15) is 0 Å². The molecule has 4 nitrogen and oxygen atoms in total. The SMILES string of the molecule is CCCNCc1ccc(N(C)Cc2ccncc2)nc1. The van der Waals surface area contributed by atoms with Crippen LogP contribution >= 0.6 is 0 Å². The highest BCUT2D eigenvalue weighted by atomic mass is 15.2. The maximum Gasteiger partial charge on any atom is 0.128 e. The Morgan fingerprint density at radius 2 is 1.90 bits per heavy atom. The Bertz CT molecular complexity index is 496. The first-order valence-electron chi connectivity index (χ1n) is 7.05. The van der Waals surface area contributed by atoms with Gasteiger partial charge in [-0.25, -0.2) is 4.98 Å². The molecule has 2 aromatic rings. The van der Waals surface area contributed by atoms with Gasteiger partial charge in [-0.3, -0.25) is 4.98 Å². The van der Waals surface area contributed by atoms with Crippen LogP contribution in [0.25, 0.3) is 0 Å². The molecule has 4 heteroatoms. The number of pyridine rings is 2. The lowest BCUT2D eigenvalue weighted by Crippen LogP contribution is -2.18. The van der Waals surface area contributed by atoms with Crippen LogP contribution in [0.5, 0.6) is 0 Å². The summed E-state index contributed by atoms with van der Waals surface area (Å²) in [7, 11) is 2.05. The molecule has 0 saturated carbocycles. The summed E-state index contributed by atoms with van der Waals surface area (Å²) in [6.07, 6.45) is 6.74. The first kappa shape index (κ1) is 14.5. The van der Waals surface area contributed by atoms with Crippen molar-refractivity contribution in [1.29, 1.82) is 0 Å². The van der Waals surface area contributed by atoms with Crippen LogP contribution in [0.15, 0.2) is 42.9 Å². The van der Waals surface area contributed by atoms with E-state index in [1.165, 1.54) is 11.1 Å². The second-order valence-corrected chi connectivity index (χ2v) is 4.91. The zero-order chi connectivity index (χ0) is 14.2. The van der Waals surface area contributed by atoms with Gasteiger partial charge in [-0.2, -0.15) is 0 Å². The zero-order valence-corrected chi connectivity index (χ0v) is 12.2. The molecular weight excluding hydrogens is 248 g/mol. The molecule has 0 bridgehead atoms. The van der Waals surface area contributed by atoms with Gasteiger partial charge in [-0.15, -0.1) is 0 Å². The molecule has 0 aliphatic heterocycles. The Balaban J connectivity index is 1.92. The third-order valence-corrected chi connectivity index (χ3v) is 3.13. The summed E-state index contributed by atoms with van der Waals surface area (Å²) in [4.78, 5) is 10.7. The lowest BCUT2D eigenvalue weighted by molar-refractivity contribution is 0.673. The Kier molecular flexibility index (Phi) is 5.50. The van der Waals surface area contributed by atoms with Gasteiger partial charge in [-0.05, 0) is 42.3 Å². The predicted octanol–water partition coefficient (Wildman–Crippen LogP) is 2.61. The third kappa shape index (κ3) is 4.31. The van der Waals surface area contributed by atoms with Crippen molar-refractivity contribution in [3.05, 3.63) is 54.0 Å². The molecule has 0 aromatic carbocycles. The summed E-state index contributed by atoms with van der Waals surface area (Å²) in [5, 5.41) is 3.38. The number of hydrogen-bond donors (Lipinski definition) is 1. The van der Waals surface area contributed by atoms with E-state index >= 15 is 0 Å². The highest BCUT2D eigenvalue weighted by Crippen LogP contribution is 2.12. The van der Waals surface area contributed by atoms with Crippen molar-refractivity contribution in [1.82, 2.24) is 15.3 Å². The number of aromatic nitrogens is 2. The monoisotopic (exact) mass is 270 g/mol. The second-order valence-electron chi connectivity index (χ2n) is 4.91. The van der Waals surface area contributed by atoms with Crippen LogP contribution in [0.1, 0.15) is 24.5 Å². The van der Waals surface area contributed by atoms with E-state index < -0.39 is 0 Å². The number of anilines is 1. The van der Waals surface area contributed by atoms with Gasteiger partial charge in [0.25, 0.3) is 0 Å². The fraction of sp³-hybridized carbons (Fsp3) is 0.375. The minimum atomic E-state index is 0.836. The first-order valence-corrected chi connectivity index (χ1v) is 7.05. The molecule has 0 saturated heterocycles. The number of nitrogens with one attached hydrogen (secondary N) is 1. The minimum Gasteiger partial charge on any atom is -0.355 e. The first-order chi connectivity index (χ1) is 9.79.